The molecule has 34 heavy (non-hydrogen) atoms. The summed E-state index contributed by atoms with van der Waals surface area (Å²) in [5.74, 6) is 0.166. The van der Waals surface area contributed by atoms with Crippen molar-refractivity contribution in [1.82, 2.24) is 0 Å². The third kappa shape index (κ3) is 3.70. The number of benzene rings is 5. The minimum atomic E-state index is 0.166. The van der Waals surface area contributed by atoms with E-state index < -0.39 is 0 Å². The van der Waals surface area contributed by atoms with E-state index in [0.29, 0.717) is 0 Å². The zero-order valence-electron chi connectivity index (χ0n) is 18.7. The standard InChI is InChI=1S/C32H24N2/c1-2-11-24(12-3-1)30-21-25-14-5-8-18-28(25)32(30)29-19-9-6-15-26(29)22-33-34-31-20-10-16-23-13-4-7-17-27(23)31/h1-22,32,34H. The molecule has 0 heterocycles. The van der Waals surface area contributed by atoms with Crippen LogP contribution in [0.25, 0.3) is 22.4 Å². The van der Waals surface area contributed by atoms with Crippen LogP contribution in [-0.4, -0.2) is 6.21 Å². The van der Waals surface area contributed by atoms with E-state index in [-0.39, 0.29) is 5.92 Å². The fraction of sp³-hybridized carbons (Fsp3) is 0.0312. The number of nitrogens with zero attached hydrogens (tertiary/aromatic N) is 1. The Morgan fingerprint density at radius 1 is 0.618 bits per heavy atom. The van der Waals surface area contributed by atoms with Crippen LogP contribution in [0.2, 0.25) is 0 Å². The third-order valence-electron chi connectivity index (χ3n) is 6.52. The van der Waals surface area contributed by atoms with E-state index in [1.165, 1.54) is 33.2 Å². The van der Waals surface area contributed by atoms with Crippen molar-refractivity contribution in [3.05, 3.63) is 149 Å². The Bertz CT molecular complexity index is 1520. The van der Waals surface area contributed by atoms with Gasteiger partial charge in [-0.3, -0.25) is 5.43 Å². The summed E-state index contributed by atoms with van der Waals surface area (Å²) in [7, 11) is 0. The second-order valence-electron chi connectivity index (χ2n) is 8.55. The summed E-state index contributed by atoms with van der Waals surface area (Å²) in [5, 5.41) is 7.01. The summed E-state index contributed by atoms with van der Waals surface area (Å²) >= 11 is 0. The SMILES string of the molecule is C(=NNc1cccc2ccccc12)c1ccccc1C1C(c2ccccc2)=Cc2ccccc21. The predicted octanol–water partition coefficient (Wildman–Crippen LogP) is 7.97. The van der Waals surface area contributed by atoms with Gasteiger partial charge in [-0.05, 0) is 50.9 Å². The maximum Gasteiger partial charge on any atom is 0.0640 e. The van der Waals surface area contributed by atoms with E-state index in [2.05, 4.69) is 138 Å². The van der Waals surface area contributed by atoms with Crippen molar-refractivity contribution < 1.29 is 0 Å². The number of hydrogen-bond acceptors (Lipinski definition) is 2. The Labute approximate surface area is 199 Å². The summed E-state index contributed by atoms with van der Waals surface area (Å²) in [6.45, 7) is 0. The molecule has 5 aromatic carbocycles. The van der Waals surface area contributed by atoms with Gasteiger partial charge in [0.15, 0.2) is 0 Å². The van der Waals surface area contributed by atoms with Crippen LogP contribution in [0.15, 0.2) is 126 Å². The van der Waals surface area contributed by atoms with Crippen LogP contribution in [0, 0.1) is 0 Å². The highest BCUT2D eigenvalue weighted by molar-refractivity contribution is 5.97. The molecule has 0 bridgehead atoms. The van der Waals surface area contributed by atoms with Gasteiger partial charge in [-0.15, -0.1) is 0 Å². The van der Waals surface area contributed by atoms with Crippen LogP contribution >= 0.6 is 0 Å². The largest absolute Gasteiger partial charge is 0.278 e. The van der Waals surface area contributed by atoms with Gasteiger partial charge in [0.25, 0.3) is 0 Å². The predicted molar refractivity (Wildman–Crippen MR) is 144 cm³/mol. The molecule has 1 atom stereocenters. The number of anilines is 1. The maximum atomic E-state index is 4.65. The molecule has 1 aliphatic rings. The Morgan fingerprint density at radius 2 is 1.32 bits per heavy atom. The van der Waals surface area contributed by atoms with Gasteiger partial charge in [-0.25, -0.2) is 0 Å². The summed E-state index contributed by atoms with van der Waals surface area (Å²) in [6, 6.07) is 42.5. The quantitative estimate of drug-likeness (QED) is 0.219. The van der Waals surface area contributed by atoms with E-state index in [4.69, 9.17) is 0 Å². The molecule has 0 radical (unpaired) electrons. The highest BCUT2D eigenvalue weighted by Crippen LogP contribution is 2.46. The average molecular weight is 437 g/mol. The lowest BCUT2D eigenvalue weighted by atomic mass is 9.83. The monoisotopic (exact) mass is 436 g/mol. The van der Waals surface area contributed by atoms with E-state index >= 15 is 0 Å². The van der Waals surface area contributed by atoms with Crippen LogP contribution in [-0.2, 0) is 0 Å². The first-order valence-corrected chi connectivity index (χ1v) is 11.6. The first-order chi connectivity index (χ1) is 16.9. The maximum absolute atomic E-state index is 4.65. The Hall–Kier alpha value is -4.43. The molecule has 0 saturated carbocycles. The normalized spacial score (nSPS) is 14.8. The molecule has 2 nitrogen and oxygen atoms in total. The summed E-state index contributed by atoms with van der Waals surface area (Å²) in [5.41, 5.74) is 11.8. The average Bonchev–Trinajstić information content (AvgIpc) is 3.29. The Balaban J connectivity index is 1.38. The van der Waals surface area contributed by atoms with E-state index in [1.54, 1.807) is 0 Å². The minimum absolute atomic E-state index is 0.166. The molecular formula is C32H24N2. The molecule has 0 fully saturated rings. The molecule has 1 N–H and O–H groups in total. The first kappa shape index (κ1) is 20.2. The molecule has 0 spiro atoms. The van der Waals surface area contributed by atoms with Crippen molar-refractivity contribution in [2.45, 2.75) is 5.92 Å². The lowest BCUT2D eigenvalue weighted by Gasteiger charge is -2.20. The topological polar surface area (TPSA) is 24.4 Å². The molecule has 1 aliphatic carbocycles. The van der Waals surface area contributed by atoms with Gasteiger partial charge in [-0.1, -0.05) is 115 Å². The van der Waals surface area contributed by atoms with Crippen molar-refractivity contribution in [2.75, 3.05) is 5.43 Å². The zero-order chi connectivity index (χ0) is 22.7. The summed E-state index contributed by atoms with van der Waals surface area (Å²) in [4.78, 5) is 0. The highest BCUT2D eigenvalue weighted by atomic mass is 15.3. The summed E-state index contributed by atoms with van der Waals surface area (Å²) < 4.78 is 0. The second-order valence-corrected chi connectivity index (χ2v) is 8.55. The van der Waals surface area contributed by atoms with Crippen LogP contribution in [0.5, 0.6) is 0 Å². The van der Waals surface area contributed by atoms with Crippen LogP contribution in [0.4, 0.5) is 5.69 Å². The Morgan fingerprint density at radius 3 is 2.24 bits per heavy atom. The number of hydrazone groups is 1. The Kier molecular flexibility index (Phi) is 5.25. The fourth-order valence-corrected chi connectivity index (χ4v) is 4.92. The van der Waals surface area contributed by atoms with Crippen molar-refractivity contribution in [2.24, 2.45) is 5.10 Å². The van der Waals surface area contributed by atoms with Crippen LogP contribution < -0.4 is 5.43 Å². The van der Waals surface area contributed by atoms with E-state index in [9.17, 15) is 0 Å². The minimum Gasteiger partial charge on any atom is -0.278 e. The van der Waals surface area contributed by atoms with Crippen molar-refractivity contribution in [1.29, 1.82) is 0 Å². The fourth-order valence-electron chi connectivity index (χ4n) is 4.92. The number of rotatable bonds is 5. The second kappa shape index (κ2) is 8.84. The van der Waals surface area contributed by atoms with Gasteiger partial charge in [0, 0.05) is 11.3 Å². The van der Waals surface area contributed by atoms with Gasteiger partial charge in [0.1, 0.15) is 0 Å². The number of fused-ring (bicyclic) bond motifs is 2. The lowest BCUT2D eigenvalue weighted by Crippen LogP contribution is -2.05. The van der Waals surface area contributed by atoms with Crippen molar-refractivity contribution in [3.8, 4) is 0 Å². The molecule has 0 aliphatic heterocycles. The molecular weight excluding hydrogens is 412 g/mol. The van der Waals surface area contributed by atoms with Crippen LogP contribution in [0.3, 0.4) is 0 Å². The molecule has 5 aromatic rings. The molecule has 6 rings (SSSR count). The van der Waals surface area contributed by atoms with Crippen LogP contribution in [0.1, 0.15) is 33.7 Å². The molecule has 1 unspecified atom stereocenters. The van der Waals surface area contributed by atoms with Gasteiger partial charge in [0.2, 0.25) is 0 Å². The summed E-state index contributed by atoms with van der Waals surface area (Å²) in [6.07, 6.45) is 4.28. The molecule has 0 saturated heterocycles. The van der Waals surface area contributed by atoms with E-state index in [0.717, 1.165) is 16.6 Å². The van der Waals surface area contributed by atoms with Gasteiger partial charge >= 0.3 is 0 Å². The third-order valence-corrected chi connectivity index (χ3v) is 6.52. The van der Waals surface area contributed by atoms with Crippen molar-refractivity contribution >= 4 is 34.3 Å². The lowest BCUT2D eigenvalue weighted by molar-refractivity contribution is 1.06. The van der Waals surface area contributed by atoms with E-state index in [1.807, 2.05) is 6.21 Å². The zero-order valence-corrected chi connectivity index (χ0v) is 18.7. The smallest absolute Gasteiger partial charge is 0.0640 e. The molecule has 162 valence electrons. The number of hydrogen-bond donors (Lipinski definition) is 1. The number of allylic oxidation sites excluding steroid dienone is 1. The molecule has 0 amide bonds. The van der Waals surface area contributed by atoms with Gasteiger partial charge in [-0.2, -0.15) is 5.10 Å². The molecule has 2 heteroatoms. The number of nitrogens with one attached hydrogen (secondary N) is 1. The highest BCUT2D eigenvalue weighted by Gasteiger charge is 2.28. The van der Waals surface area contributed by atoms with Gasteiger partial charge in [0.05, 0.1) is 11.9 Å². The first-order valence-electron chi connectivity index (χ1n) is 11.6. The van der Waals surface area contributed by atoms with Gasteiger partial charge < -0.3 is 0 Å². The van der Waals surface area contributed by atoms with Crippen molar-refractivity contribution in [3.63, 3.8) is 0 Å². The molecule has 0 aromatic heterocycles.